The van der Waals surface area contributed by atoms with E-state index in [0.29, 0.717) is 64.1 Å². The molecule has 13 heteroatoms. The highest BCUT2D eigenvalue weighted by molar-refractivity contribution is 7.98. The van der Waals surface area contributed by atoms with Crippen molar-refractivity contribution in [2.45, 2.75) is 43.7 Å². The molecule has 3 aromatic rings. The molecule has 2 aromatic heterocycles. The minimum absolute atomic E-state index is 0.0253. The van der Waals surface area contributed by atoms with Crippen LogP contribution in [-0.2, 0) is 22.7 Å². The van der Waals surface area contributed by atoms with Crippen molar-refractivity contribution >= 4 is 23.6 Å². The Hall–Kier alpha value is -3.73. The van der Waals surface area contributed by atoms with Gasteiger partial charge in [-0.25, -0.2) is 4.68 Å². The molecule has 218 valence electrons. The monoisotopic (exact) mass is 579 g/mol. The first-order valence-electron chi connectivity index (χ1n) is 13.8. The standard InChI is InChI=1S/C28H37N9O3S/c1-3-14-35-15-6-7-16-36(20-26(39)30-13-5-4-12-29-25(38)19-35)17-23-18-37(34-32-23)21-27-31-28(33-40-27)22-8-10-24(41-2)11-9-22/h1,8-11,18H,4-7,12-17,19-21H2,2H3,(H,29,38)(H,30,39). The molecule has 0 saturated carbocycles. The number of aromatic nitrogens is 5. The van der Waals surface area contributed by atoms with Crippen LogP contribution in [-0.4, -0.2) is 98.8 Å². The van der Waals surface area contributed by atoms with Gasteiger partial charge in [-0.3, -0.25) is 19.4 Å². The van der Waals surface area contributed by atoms with Crippen molar-refractivity contribution in [2.24, 2.45) is 0 Å². The third-order valence-corrected chi connectivity index (χ3v) is 7.32. The summed E-state index contributed by atoms with van der Waals surface area (Å²) in [5.74, 6) is 3.54. The minimum atomic E-state index is -0.0357. The maximum Gasteiger partial charge on any atom is 0.248 e. The van der Waals surface area contributed by atoms with Gasteiger partial charge in [-0.15, -0.1) is 23.3 Å². The van der Waals surface area contributed by atoms with E-state index in [1.165, 1.54) is 4.90 Å². The van der Waals surface area contributed by atoms with Crippen LogP contribution in [0, 0.1) is 12.3 Å². The molecule has 0 unspecified atom stereocenters. The number of thioether (sulfide) groups is 1. The van der Waals surface area contributed by atoms with E-state index in [1.807, 2.05) is 41.6 Å². The summed E-state index contributed by atoms with van der Waals surface area (Å²) in [6.07, 6.45) is 12.6. The molecule has 2 N–H and O–H groups in total. The predicted molar refractivity (Wildman–Crippen MR) is 156 cm³/mol. The predicted octanol–water partition coefficient (Wildman–Crippen LogP) is 1.64. The van der Waals surface area contributed by atoms with E-state index < -0.39 is 0 Å². The summed E-state index contributed by atoms with van der Waals surface area (Å²) < 4.78 is 7.10. The topological polar surface area (TPSA) is 134 Å². The summed E-state index contributed by atoms with van der Waals surface area (Å²) in [5.41, 5.74) is 1.62. The molecule has 1 aliphatic heterocycles. The summed E-state index contributed by atoms with van der Waals surface area (Å²) in [5, 5.41) is 18.6. The van der Waals surface area contributed by atoms with E-state index in [9.17, 15) is 9.59 Å². The van der Waals surface area contributed by atoms with E-state index in [2.05, 4.69) is 41.9 Å². The molecule has 1 saturated heterocycles. The van der Waals surface area contributed by atoms with Gasteiger partial charge in [-0.2, -0.15) is 4.98 Å². The van der Waals surface area contributed by atoms with E-state index in [1.54, 1.807) is 16.4 Å². The van der Waals surface area contributed by atoms with Gasteiger partial charge in [0.05, 0.1) is 31.5 Å². The lowest BCUT2D eigenvalue weighted by Crippen LogP contribution is -2.40. The van der Waals surface area contributed by atoms with Gasteiger partial charge >= 0.3 is 0 Å². The molecule has 1 aromatic carbocycles. The Morgan fingerprint density at radius 3 is 2.34 bits per heavy atom. The fourth-order valence-corrected chi connectivity index (χ4v) is 4.89. The molecule has 1 aliphatic rings. The first-order chi connectivity index (χ1) is 20.0. The van der Waals surface area contributed by atoms with Crippen LogP contribution in [0.15, 0.2) is 39.9 Å². The Balaban J connectivity index is 1.35. The minimum Gasteiger partial charge on any atom is -0.355 e. The number of rotatable bonds is 7. The highest BCUT2D eigenvalue weighted by Gasteiger charge is 2.16. The smallest absolute Gasteiger partial charge is 0.248 e. The molecule has 1 fully saturated rings. The molecule has 0 aliphatic carbocycles. The zero-order valence-electron chi connectivity index (χ0n) is 23.4. The third kappa shape index (κ3) is 10.00. The number of amides is 2. The average molecular weight is 580 g/mol. The molecule has 2 amide bonds. The van der Waals surface area contributed by atoms with Gasteiger partial charge in [-0.05, 0) is 69.3 Å². The van der Waals surface area contributed by atoms with E-state index in [4.69, 9.17) is 10.9 Å². The quantitative estimate of drug-likeness (QED) is 0.314. The van der Waals surface area contributed by atoms with E-state index in [0.717, 1.165) is 36.9 Å². The number of carbonyl (C=O) groups is 2. The van der Waals surface area contributed by atoms with Gasteiger partial charge in [0.25, 0.3) is 0 Å². The Morgan fingerprint density at radius 2 is 1.66 bits per heavy atom. The van der Waals surface area contributed by atoms with Crippen LogP contribution in [0.3, 0.4) is 0 Å². The van der Waals surface area contributed by atoms with E-state index in [-0.39, 0.29) is 18.4 Å². The fraction of sp³-hybridized carbons (Fsp3) is 0.500. The summed E-state index contributed by atoms with van der Waals surface area (Å²) in [6.45, 7) is 4.30. The number of terminal acetylenes is 1. The number of benzene rings is 1. The lowest BCUT2D eigenvalue weighted by molar-refractivity contribution is -0.123. The number of hydrogen-bond acceptors (Lipinski definition) is 10. The number of nitrogens with one attached hydrogen (secondary N) is 2. The summed E-state index contributed by atoms with van der Waals surface area (Å²) in [7, 11) is 0. The van der Waals surface area contributed by atoms with Crippen molar-refractivity contribution in [1.29, 1.82) is 0 Å². The molecule has 4 rings (SSSR count). The van der Waals surface area contributed by atoms with Crippen LogP contribution in [0.4, 0.5) is 0 Å². The lowest BCUT2D eigenvalue weighted by atomic mass is 10.2. The van der Waals surface area contributed by atoms with Gasteiger partial charge in [0.1, 0.15) is 6.54 Å². The highest BCUT2D eigenvalue weighted by Crippen LogP contribution is 2.21. The molecule has 0 atom stereocenters. The van der Waals surface area contributed by atoms with Gasteiger partial charge in [-0.1, -0.05) is 16.3 Å². The SMILES string of the molecule is C#CCN1CCCCN(Cc2cn(Cc3nc(-c4ccc(SC)cc4)no3)nn2)CC(=O)NCCCCNC(=O)C1. The van der Waals surface area contributed by atoms with Gasteiger partial charge in [0.15, 0.2) is 0 Å². The molecule has 0 bridgehead atoms. The first kappa shape index (κ1) is 30.2. The number of nitrogens with zero attached hydrogens (tertiary/aromatic N) is 7. The molecular weight excluding hydrogens is 542 g/mol. The second-order valence-corrected chi connectivity index (χ2v) is 10.8. The van der Waals surface area contributed by atoms with Crippen LogP contribution in [0.25, 0.3) is 11.4 Å². The summed E-state index contributed by atoms with van der Waals surface area (Å²) >= 11 is 1.68. The Labute approximate surface area is 244 Å². The van der Waals surface area contributed by atoms with Crippen molar-refractivity contribution in [3.8, 4) is 23.7 Å². The average Bonchev–Trinajstić information content (AvgIpc) is 3.62. The Morgan fingerprint density at radius 1 is 0.976 bits per heavy atom. The maximum atomic E-state index is 12.6. The van der Waals surface area contributed by atoms with Crippen LogP contribution in [0.5, 0.6) is 0 Å². The van der Waals surface area contributed by atoms with Crippen LogP contribution in [0.2, 0.25) is 0 Å². The zero-order valence-corrected chi connectivity index (χ0v) is 24.2. The Bertz CT molecular complexity index is 1300. The molecule has 0 spiro atoms. The lowest BCUT2D eigenvalue weighted by Gasteiger charge is -2.23. The van der Waals surface area contributed by atoms with Crippen molar-refractivity contribution in [3.63, 3.8) is 0 Å². The molecule has 12 nitrogen and oxygen atoms in total. The largest absolute Gasteiger partial charge is 0.355 e. The van der Waals surface area contributed by atoms with Crippen molar-refractivity contribution < 1.29 is 14.1 Å². The zero-order chi connectivity index (χ0) is 28.9. The highest BCUT2D eigenvalue weighted by atomic mass is 32.2. The molecular formula is C28H37N9O3S. The summed E-state index contributed by atoms with van der Waals surface area (Å²) in [4.78, 5) is 34.6. The second kappa shape index (κ2) is 15.9. The van der Waals surface area contributed by atoms with Crippen LogP contribution in [0.1, 0.15) is 37.3 Å². The second-order valence-electron chi connectivity index (χ2n) is 9.89. The first-order valence-corrected chi connectivity index (χ1v) is 15.0. The van der Waals surface area contributed by atoms with Crippen LogP contribution < -0.4 is 10.6 Å². The molecule has 3 heterocycles. The van der Waals surface area contributed by atoms with Gasteiger partial charge in [0, 0.05) is 30.1 Å². The molecule has 41 heavy (non-hydrogen) atoms. The van der Waals surface area contributed by atoms with Gasteiger partial charge < -0.3 is 15.2 Å². The molecule has 0 radical (unpaired) electrons. The van der Waals surface area contributed by atoms with Crippen molar-refractivity contribution in [1.82, 2.24) is 45.6 Å². The number of carbonyl (C=O) groups excluding carboxylic acids is 2. The maximum absolute atomic E-state index is 12.6. The van der Waals surface area contributed by atoms with Crippen molar-refractivity contribution in [3.05, 3.63) is 42.0 Å². The Kier molecular flexibility index (Phi) is 11.7. The van der Waals surface area contributed by atoms with E-state index >= 15 is 0 Å². The van der Waals surface area contributed by atoms with Crippen molar-refractivity contribution in [2.75, 3.05) is 52.1 Å². The van der Waals surface area contributed by atoms with Gasteiger partial charge in [0.2, 0.25) is 23.5 Å². The van der Waals surface area contributed by atoms with Crippen LogP contribution >= 0.6 is 11.8 Å². The fourth-order valence-electron chi connectivity index (χ4n) is 4.48. The number of hydrogen-bond donors (Lipinski definition) is 2. The third-order valence-electron chi connectivity index (χ3n) is 6.58. The summed E-state index contributed by atoms with van der Waals surface area (Å²) in [6, 6.07) is 7.98. The normalized spacial score (nSPS) is 17.1.